The van der Waals surface area contributed by atoms with E-state index in [0.29, 0.717) is 11.3 Å². The van der Waals surface area contributed by atoms with Crippen LogP contribution in [0.1, 0.15) is 40.0 Å². The third kappa shape index (κ3) is 5.48. The molecule has 0 aliphatic carbocycles. The standard InChI is InChI=1S/C23H23F3N6O2S/c1-13-4-3-5-15(10-13)28-22(35)31-30-21(33)17-12-27-32-19(23(24,25)26)11-18(29-20(17)32)14-6-8-16(34-2)9-7-14/h3-10,12,18-19,29H,11H2,1-2H3,(H,30,33)(H2,28,31,35)/t18-,19-/m1/s1. The number of carbonyl (C=O) groups excluding carboxylic acids is 1. The number of methoxy groups -OCH3 is 1. The van der Waals surface area contributed by atoms with Crippen LogP contribution in [0.2, 0.25) is 0 Å². The van der Waals surface area contributed by atoms with E-state index in [4.69, 9.17) is 17.0 Å². The van der Waals surface area contributed by atoms with E-state index in [-0.39, 0.29) is 22.9 Å². The van der Waals surface area contributed by atoms with Gasteiger partial charge in [0.2, 0.25) is 0 Å². The van der Waals surface area contributed by atoms with E-state index >= 15 is 0 Å². The molecule has 3 aromatic rings. The van der Waals surface area contributed by atoms with Crippen molar-refractivity contribution in [1.82, 2.24) is 20.6 Å². The Labute approximate surface area is 204 Å². The van der Waals surface area contributed by atoms with E-state index < -0.39 is 24.2 Å². The average Bonchev–Trinajstić information content (AvgIpc) is 3.25. The number of halogens is 3. The van der Waals surface area contributed by atoms with Crippen molar-refractivity contribution >= 4 is 34.7 Å². The summed E-state index contributed by atoms with van der Waals surface area (Å²) in [4.78, 5) is 12.8. The largest absolute Gasteiger partial charge is 0.497 e. The molecule has 1 amide bonds. The van der Waals surface area contributed by atoms with Crippen LogP contribution in [0.3, 0.4) is 0 Å². The topological polar surface area (TPSA) is 92.2 Å². The Bertz CT molecular complexity index is 1230. The van der Waals surface area contributed by atoms with E-state index in [0.717, 1.165) is 22.1 Å². The Morgan fingerprint density at radius 3 is 2.60 bits per heavy atom. The van der Waals surface area contributed by atoms with E-state index in [1.54, 1.807) is 30.3 Å². The van der Waals surface area contributed by atoms with Gasteiger partial charge in [-0.1, -0.05) is 24.3 Å². The van der Waals surface area contributed by atoms with E-state index in [1.165, 1.54) is 7.11 Å². The van der Waals surface area contributed by atoms with Crippen molar-refractivity contribution in [3.8, 4) is 5.75 Å². The second-order valence-corrected chi connectivity index (χ2v) is 8.43. The zero-order valence-electron chi connectivity index (χ0n) is 18.8. The number of carbonyl (C=O) groups is 1. The van der Waals surface area contributed by atoms with Gasteiger partial charge in [-0.05, 0) is 54.5 Å². The summed E-state index contributed by atoms with van der Waals surface area (Å²) in [5.41, 5.74) is 7.28. The number of hydrazine groups is 1. The molecular formula is C23H23F3N6O2S. The van der Waals surface area contributed by atoms with Crippen molar-refractivity contribution < 1.29 is 22.7 Å². The van der Waals surface area contributed by atoms with Crippen LogP contribution >= 0.6 is 12.2 Å². The number of benzene rings is 2. The number of hydrogen-bond acceptors (Lipinski definition) is 5. The number of fused-ring (bicyclic) bond motifs is 1. The maximum atomic E-state index is 13.9. The first-order valence-electron chi connectivity index (χ1n) is 10.6. The molecule has 12 heteroatoms. The number of aryl methyl sites for hydroxylation is 1. The smallest absolute Gasteiger partial charge is 0.410 e. The summed E-state index contributed by atoms with van der Waals surface area (Å²) in [7, 11) is 1.51. The van der Waals surface area contributed by atoms with Crippen molar-refractivity contribution in [2.75, 3.05) is 17.7 Å². The molecule has 4 rings (SSSR count). The van der Waals surface area contributed by atoms with Gasteiger partial charge in [0.05, 0.1) is 19.3 Å². The lowest BCUT2D eigenvalue weighted by atomic mass is 9.96. The van der Waals surface area contributed by atoms with Crippen LogP contribution in [0.15, 0.2) is 54.7 Å². The van der Waals surface area contributed by atoms with Crippen molar-refractivity contribution in [2.45, 2.75) is 31.6 Å². The molecule has 2 atom stereocenters. The fourth-order valence-corrected chi connectivity index (χ4v) is 4.02. The van der Waals surface area contributed by atoms with E-state index in [9.17, 15) is 18.0 Å². The summed E-state index contributed by atoms with van der Waals surface area (Å²) >= 11 is 5.19. The van der Waals surface area contributed by atoms with Crippen LogP contribution in [0.4, 0.5) is 24.7 Å². The van der Waals surface area contributed by atoms with E-state index in [2.05, 4.69) is 26.6 Å². The summed E-state index contributed by atoms with van der Waals surface area (Å²) < 4.78 is 47.6. The van der Waals surface area contributed by atoms with Gasteiger partial charge in [-0.15, -0.1) is 0 Å². The monoisotopic (exact) mass is 504 g/mol. The molecule has 1 aliphatic rings. The first-order valence-corrected chi connectivity index (χ1v) is 11.0. The van der Waals surface area contributed by atoms with Crippen LogP contribution in [-0.4, -0.2) is 34.1 Å². The lowest BCUT2D eigenvalue weighted by molar-refractivity contribution is -0.173. The van der Waals surface area contributed by atoms with Crippen LogP contribution < -0.4 is 26.2 Å². The molecule has 0 radical (unpaired) electrons. The number of alkyl halides is 3. The third-order valence-electron chi connectivity index (χ3n) is 5.57. The SMILES string of the molecule is COc1ccc([C@H]2C[C@H](C(F)(F)F)n3ncc(C(=O)NNC(=S)Nc4cccc(C)c4)c3N2)cc1. The second kappa shape index (κ2) is 9.82. The molecule has 0 saturated heterocycles. The number of ether oxygens (including phenoxy) is 1. The summed E-state index contributed by atoms with van der Waals surface area (Å²) in [6, 6.07) is 11.6. The molecule has 2 aromatic carbocycles. The third-order valence-corrected chi connectivity index (χ3v) is 5.77. The second-order valence-electron chi connectivity index (χ2n) is 8.02. The maximum absolute atomic E-state index is 13.9. The summed E-state index contributed by atoms with van der Waals surface area (Å²) in [5.74, 6) is -0.136. The predicted octanol–water partition coefficient (Wildman–Crippen LogP) is 4.49. The molecule has 1 aromatic heterocycles. The summed E-state index contributed by atoms with van der Waals surface area (Å²) in [6.07, 6.45) is -3.74. The Hall–Kier alpha value is -3.80. The van der Waals surface area contributed by atoms with Crippen LogP contribution in [0.25, 0.3) is 0 Å². The van der Waals surface area contributed by atoms with Gasteiger partial charge in [0.25, 0.3) is 5.91 Å². The average molecular weight is 505 g/mol. The number of nitrogens with one attached hydrogen (secondary N) is 4. The highest BCUT2D eigenvalue weighted by Crippen LogP contribution is 2.44. The number of nitrogens with zero attached hydrogens (tertiary/aromatic N) is 2. The Balaban J connectivity index is 1.51. The number of amides is 1. The fraction of sp³-hybridized carbons (Fsp3) is 0.261. The van der Waals surface area contributed by atoms with Gasteiger partial charge in [0.1, 0.15) is 17.1 Å². The number of thiocarbonyl (C=S) groups is 1. The van der Waals surface area contributed by atoms with Crippen LogP contribution in [0.5, 0.6) is 5.75 Å². The van der Waals surface area contributed by atoms with Gasteiger partial charge in [-0.25, -0.2) is 4.68 Å². The lowest BCUT2D eigenvalue weighted by Crippen LogP contribution is -2.44. The molecular weight excluding hydrogens is 481 g/mol. The molecule has 35 heavy (non-hydrogen) atoms. The highest BCUT2D eigenvalue weighted by Gasteiger charge is 2.47. The van der Waals surface area contributed by atoms with Crippen molar-refractivity contribution in [1.29, 1.82) is 0 Å². The Morgan fingerprint density at radius 1 is 1.20 bits per heavy atom. The van der Waals surface area contributed by atoms with E-state index in [1.807, 2.05) is 25.1 Å². The van der Waals surface area contributed by atoms with Crippen LogP contribution in [-0.2, 0) is 0 Å². The van der Waals surface area contributed by atoms with Gasteiger partial charge in [0, 0.05) is 12.1 Å². The highest BCUT2D eigenvalue weighted by molar-refractivity contribution is 7.80. The van der Waals surface area contributed by atoms with Gasteiger partial charge in [-0.2, -0.15) is 18.3 Å². The molecule has 2 heterocycles. The minimum Gasteiger partial charge on any atom is -0.497 e. The number of anilines is 2. The van der Waals surface area contributed by atoms with Gasteiger partial charge in [-0.3, -0.25) is 15.6 Å². The first-order chi connectivity index (χ1) is 16.7. The minimum atomic E-state index is -4.56. The lowest BCUT2D eigenvalue weighted by Gasteiger charge is -2.34. The molecule has 0 saturated carbocycles. The summed E-state index contributed by atoms with van der Waals surface area (Å²) in [6.45, 7) is 1.92. The Kier molecular flexibility index (Phi) is 6.83. The normalized spacial score (nSPS) is 17.1. The minimum absolute atomic E-state index is 0.0312. The number of hydrogen-bond donors (Lipinski definition) is 4. The van der Waals surface area contributed by atoms with Gasteiger partial charge in [0.15, 0.2) is 11.2 Å². The molecule has 8 nitrogen and oxygen atoms in total. The first kappa shape index (κ1) is 24.3. The Morgan fingerprint density at radius 2 is 1.94 bits per heavy atom. The van der Waals surface area contributed by atoms with Crippen molar-refractivity contribution in [3.63, 3.8) is 0 Å². The quantitative estimate of drug-likeness (QED) is 0.307. The van der Waals surface area contributed by atoms with Crippen molar-refractivity contribution in [2.24, 2.45) is 0 Å². The molecule has 184 valence electrons. The number of aromatic nitrogens is 2. The fourth-order valence-electron chi connectivity index (χ4n) is 3.85. The zero-order valence-corrected chi connectivity index (χ0v) is 19.6. The molecule has 0 unspecified atom stereocenters. The van der Waals surface area contributed by atoms with Gasteiger partial charge < -0.3 is 15.4 Å². The molecule has 4 N–H and O–H groups in total. The summed E-state index contributed by atoms with van der Waals surface area (Å²) in [5, 5.41) is 9.94. The molecule has 0 spiro atoms. The zero-order chi connectivity index (χ0) is 25.2. The molecule has 0 fully saturated rings. The number of rotatable bonds is 4. The van der Waals surface area contributed by atoms with Crippen molar-refractivity contribution in [3.05, 3.63) is 71.4 Å². The maximum Gasteiger partial charge on any atom is 0.410 e. The highest BCUT2D eigenvalue weighted by atomic mass is 32.1. The van der Waals surface area contributed by atoms with Gasteiger partial charge >= 0.3 is 6.18 Å². The molecule has 0 bridgehead atoms. The predicted molar refractivity (Wildman–Crippen MR) is 129 cm³/mol. The van der Waals surface area contributed by atoms with Crippen LogP contribution in [0, 0.1) is 6.92 Å². The molecule has 1 aliphatic heterocycles.